The first kappa shape index (κ1) is 12.0. The molecule has 15 heavy (non-hydrogen) atoms. The molecular weight excluding hydrogens is 196 g/mol. The highest BCUT2D eigenvalue weighted by atomic mass is 16.4. The van der Waals surface area contributed by atoms with Gasteiger partial charge in [-0.2, -0.15) is 0 Å². The Morgan fingerprint density at radius 3 is 2.87 bits per heavy atom. The number of hydrogen-bond acceptors (Lipinski definition) is 3. The van der Waals surface area contributed by atoms with Gasteiger partial charge in [0.2, 0.25) is 5.91 Å². The summed E-state index contributed by atoms with van der Waals surface area (Å²) in [5.41, 5.74) is 0. The zero-order valence-electron chi connectivity index (χ0n) is 9.19. The topological polar surface area (TPSA) is 69.6 Å². The van der Waals surface area contributed by atoms with Crippen molar-refractivity contribution in [1.29, 1.82) is 0 Å². The van der Waals surface area contributed by atoms with Crippen molar-refractivity contribution in [2.24, 2.45) is 0 Å². The fraction of sp³-hybridized carbons (Fsp3) is 0.800. The fourth-order valence-corrected chi connectivity index (χ4v) is 1.74. The van der Waals surface area contributed by atoms with Gasteiger partial charge in [0.1, 0.15) is 0 Å². The summed E-state index contributed by atoms with van der Waals surface area (Å²) in [5, 5.41) is 11.7. The Morgan fingerprint density at radius 2 is 2.40 bits per heavy atom. The molecule has 1 amide bonds. The molecule has 2 N–H and O–H groups in total. The van der Waals surface area contributed by atoms with Crippen molar-refractivity contribution in [3.8, 4) is 0 Å². The number of amides is 1. The zero-order chi connectivity index (χ0) is 11.4. The molecule has 0 aromatic heterocycles. The van der Waals surface area contributed by atoms with Crippen LogP contribution in [0.4, 0.5) is 0 Å². The number of likely N-dealkylation sites (tertiary alicyclic amines) is 1. The molecule has 0 spiro atoms. The van der Waals surface area contributed by atoms with Crippen LogP contribution in [-0.2, 0) is 9.59 Å². The minimum Gasteiger partial charge on any atom is -0.481 e. The Hall–Kier alpha value is -1.10. The van der Waals surface area contributed by atoms with E-state index in [9.17, 15) is 9.59 Å². The van der Waals surface area contributed by atoms with Gasteiger partial charge < -0.3 is 15.3 Å². The molecule has 0 aliphatic carbocycles. The van der Waals surface area contributed by atoms with Crippen LogP contribution in [0.25, 0.3) is 0 Å². The lowest BCUT2D eigenvalue weighted by Crippen LogP contribution is -2.41. The molecule has 86 valence electrons. The number of nitrogens with zero attached hydrogens (tertiary/aromatic N) is 1. The molecule has 1 aliphatic rings. The molecular formula is C10H18N2O3. The summed E-state index contributed by atoms with van der Waals surface area (Å²) < 4.78 is 0. The lowest BCUT2D eigenvalue weighted by atomic mass is 10.1. The summed E-state index contributed by atoms with van der Waals surface area (Å²) >= 11 is 0. The van der Waals surface area contributed by atoms with Crippen molar-refractivity contribution < 1.29 is 14.7 Å². The first-order valence-corrected chi connectivity index (χ1v) is 5.23. The van der Waals surface area contributed by atoms with Gasteiger partial charge in [0.15, 0.2) is 0 Å². The van der Waals surface area contributed by atoms with Crippen molar-refractivity contribution in [3.05, 3.63) is 0 Å². The van der Waals surface area contributed by atoms with Gasteiger partial charge in [-0.15, -0.1) is 0 Å². The van der Waals surface area contributed by atoms with Crippen molar-refractivity contribution in [2.75, 3.05) is 13.6 Å². The number of carboxylic acid groups (broad SMARTS) is 1. The maximum atomic E-state index is 11.5. The third kappa shape index (κ3) is 3.51. The van der Waals surface area contributed by atoms with Gasteiger partial charge in [-0.05, 0) is 19.8 Å². The average Bonchev–Trinajstić information content (AvgIpc) is 2.47. The Balaban J connectivity index is 2.29. The van der Waals surface area contributed by atoms with E-state index in [1.54, 1.807) is 11.9 Å². The molecule has 1 saturated heterocycles. The van der Waals surface area contributed by atoms with E-state index < -0.39 is 5.97 Å². The lowest BCUT2D eigenvalue weighted by molar-refractivity contribution is -0.137. The second-order valence-corrected chi connectivity index (χ2v) is 4.10. The Kier molecular flexibility index (Phi) is 4.08. The molecule has 0 radical (unpaired) electrons. The molecule has 2 unspecified atom stereocenters. The van der Waals surface area contributed by atoms with Crippen LogP contribution in [0.3, 0.4) is 0 Å². The van der Waals surface area contributed by atoms with Crippen LogP contribution in [0.1, 0.15) is 26.2 Å². The van der Waals surface area contributed by atoms with E-state index in [0.717, 1.165) is 13.0 Å². The Morgan fingerprint density at radius 1 is 1.73 bits per heavy atom. The summed E-state index contributed by atoms with van der Waals surface area (Å²) in [6.45, 7) is 2.69. The first-order valence-electron chi connectivity index (χ1n) is 5.23. The van der Waals surface area contributed by atoms with Crippen LogP contribution >= 0.6 is 0 Å². The molecule has 1 aliphatic heterocycles. The molecule has 5 nitrogen and oxygen atoms in total. The summed E-state index contributed by atoms with van der Waals surface area (Å²) in [5.74, 6) is -0.685. The van der Waals surface area contributed by atoms with Gasteiger partial charge in [-0.3, -0.25) is 9.59 Å². The standard InChI is InChI=1S/C10H18N2O3/c1-7(3-4-9(13)14)11-8-5-6-12(2)10(8)15/h7-8,11H,3-6H2,1-2H3,(H,13,14). The first-order chi connectivity index (χ1) is 7.00. The number of aliphatic carboxylic acids is 1. The van der Waals surface area contributed by atoms with Gasteiger partial charge >= 0.3 is 5.97 Å². The predicted molar refractivity (Wildman–Crippen MR) is 55.5 cm³/mol. The van der Waals surface area contributed by atoms with E-state index in [2.05, 4.69) is 5.32 Å². The van der Waals surface area contributed by atoms with Gasteiger partial charge in [-0.1, -0.05) is 0 Å². The maximum Gasteiger partial charge on any atom is 0.303 e. The number of carbonyl (C=O) groups excluding carboxylic acids is 1. The maximum absolute atomic E-state index is 11.5. The number of hydrogen-bond donors (Lipinski definition) is 2. The number of carbonyl (C=O) groups is 2. The zero-order valence-corrected chi connectivity index (χ0v) is 9.19. The number of likely N-dealkylation sites (N-methyl/N-ethyl adjacent to an activating group) is 1. The normalized spacial score (nSPS) is 23.2. The van der Waals surface area contributed by atoms with E-state index in [4.69, 9.17) is 5.11 Å². The predicted octanol–water partition coefficient (Wildman–Crippen LogP) is 0.0600. The Labute approximate surface area is 89.4 Å². The van der Waals surface area contributed by atoms with E-state index in [-0.39, 0.29) is 24.4 Å². The van der Waals surface area contributed by atoms with E-state index in [1.807, 2.05) is 6.92 Å². The number of nitrogens with one attached hydrogen (secondary N) is 1. The van der Waals surface area contributed by atoms with Crippen LogP contribution in [0.15, 0.2) is 0 Å². The molecule has 1 fully saturated rings. The SMILES string of the molecule is CC(CCC(=O)O)NC1CCN(C)C1=O. The highest BCUT2D eigenvalue weighted by molar-refractivity contribution is 5.83. The van der Waals surface area contributed by atoms with E-state index in [0.29, 0.717) is 6.42 Å². The second kappa shape index (κ2) is 5.11. The summed E-state index contributed by atoms with van der Waals surface area (Å²) in [6, 6.07) is -0.0552. The van der Waals surface area contributed by atoms with Crippen LogP contribution in [0, 0.1) is 0 Å². The average molecular weight is 214 g/mol. The summed E-state index contributed by atoms with van der Waals surface area (Å²) in [7, 11) is 1.78. The second-order valence-electron chi connectivity index (χ2n) is 4.10. The molecule has 1 rings (SSSR count). The van der Waals surface area contributed by atoms with Crippen LogP contribution < -0.4 is 5.32 Å². The molecule has 0 bridgehead atoms. The van der Waals surface area contributed by atoms with Crippen molar-refractivity contribution in [3.63, 3.8) is 0 Å². The van der Waals surface area contributed by atoms with Gasteiger partial charge in [0.05, 0.1) is 6.04 Å². The van der Waals surface area contributed by atoms with Gasteiger partial charge in [0, 0.05) is 26.1 Å². The fourth-order valence-electron chi connectivity index (χ4n) is 1.74. The van der Waals surface area contributed by atoms with Crippen LogP contribution in [-0.4, -0.2) is 47.6 Å². The van der Waals surface area contributed by atoms with Crippen LogP contribution in [0.2, 0.25) is 0 Å². The molecule has 0 saturated carbocycles. The third-order valence-electron chi connectivity index (χ3n) is 2.70. The minimum absolute atomic E-state index is 0.0709. The number of carboxylic acids is 1. The number of rotatable bonds is 5. The third-order valence-corrected chi connectivity index (χ3v) is 2.70. The monoisotopic (exact) mass is 214 g/mol. The molecule has 0 aromatic carbocycles. The van der Waals surface area contributed by atoms with Crippen molar-refractivity contribution in [2.45, 2.75) is 38.3 Å². The smallest absolute Gasteiger partial charge is 0.303 e. The van der Waals surface area contributed by atoms with E-state index in [1.165, 1.54) is 0 Å². The highest BCUT2D eigenvalue weighted by Gasteiger charge is 2.29. The highest BCUT2D eigenvalue weighted by Crippen LogP contribution is 2.10. The van der Waals surface area contributed by atoms with E-state index >= 15 is 0 Å². The lowest BCUT2D eigenvalue weighted by Gasteiger charge is -2.17. The van der Waals surface area contributed by atoms with Gasteiger partial charge in [0.25, 0.3) is 0 Å². The minimum atomic E-state index is -0.793. The summed E-state index contributed by atoms with van der Waals surface area (Å²) in [4.78, 5) is 23.6. The molecule has 0 aromatic rings. The van der Waals surface area contributed by atoms with Crippen LogP contribution in [0.5, 0.6) is 0 Å². The van der Waals surface area contributed by atoms with Crippen molar-refractivity contribution in [1.82, 2.24) is 10.2 Å². The quantitative estimate of drug-likeness (QED) is 0.679. The molecule has 2 atom stereocenters. The Bertz CT molecular complexity index is 255. The van der Waals surface area contributed by atoms with Crippen molar-refractivity contribution >= 4 is 11.9 Å². The summed E-state index contributed by atoms with van der Waals surface area (Å²) in [6.07, 6.45) is 1.51. The largest absolute Gasteiger partial charge is 0.481 e. The molecule has 5 heteroatoms. The van der Waals surface area contributed by atoms with Gasteiger partial charge in [-0.25, -0.2) is 0 Å². The molecule has 1 heterocycles.